The molecular weight excluding hydrogens is 403 g/mol. The molecular formula is C18H17IN2O2. The lowest BCUT2D eigenvalue weighted by atomic mass is 10.1. The van der Waals surface area contributed by atoms with Gasteiger partial charge in [-0.1, -0.05) is 12.1 Å². The molecule has 2 aromatic carbocycles. The van der Waals surface area contributed by atoms with Crippen LogP contribution in [0.4, 0.5) is 5.69 Å². The molecule has 5 heteroatoms. The van der Waals surface area contributed by atoms with Crippen molar-refractivity contribution < 1.29 is 9.59 Å². The smallest absolute Gasteiger partial charge is 0.255 e. The summed E-state index contributed by atoms with van der Waals surface area (Å²) < 4.78 is 1.07. The van der Waals surface area contributed by atoms with Crippen molar-refractivity contribution in [2.45, 2.75) is 12.8 Å². The summed E-state index contributed by atoms with van der Waals surface area (Å²) >= 11 is 2.20. The summed E-state index contributed by atoms with van der Waals surface area (Å²) in [6, 6.07) is 14.5. The van der Waals surface area contributed by atoms with E-state index in [1.165, 1.54) is 0 Å². The van der Waals surface area contributed by atoms with Crippen molar-refractivity contribution in [2.24, 2.45) is 0 Å². The van der Waals surface area contributed by atoms with Crippen LogP contribution in [0.25, 0.3) is 0 Å². The molecule has 0 bridgehead atoms. The minimum atomic E-state index is -0.205. The average molecular weight is 420 g/mol. The first-order valence-corrected chi connectivity index (χ1v) is 8.68. The maximum atomic E-state index is 12.6. The number of para-hydroxylation sites is 1. The van der Waals surface area contributed by atoms with Gasteiger partial charge in [0, 0.05) is 22.2 Å². The molecule has 23 heavy (non-hydrogen) atoms. The molecule has 1 heterocycles. The van der Waals surface area contributed by atoms with Crippen molar-refractivity contribution in [1.29, 1.82) is 0 Å². The Labute approximate surface area is 149 Å². The molecule has 1 aliphatic heterocycles. The van der Waals surface area contributed by atoms with Crippen molar-refractivity contribution in [1.82, 2.24) is 4.90 Å². The minimum absolute atomic E-state index is 0.0130. The molecule has 0 spiro atoms. The molecule has 0 aromatic heterocycles. The zero-order valence-electron chi connectivity index (χ0n) is 12.6. The summed E-state index contributed by atoms with van der Waals surface area (Å²) in [6.45, 7) is 1.58. The molecule has 0 saturated carbocycles. The van der Waals surface area contributed by atoms with Gasteiger partial charge in [0.05, 0.1) is 11.3 Å². The lowest BCUT2D eigenvalue weighted by molar-refractivity contribution is 0.0794. The molecule has 1 fully saturated rings. The molecule has 1 N–H and O–H groups in total. The van der Waals surface area contributed by atoms with E-state index in [1.54, 1.807) is 24.3 Å². The predicted octanol–water partition coefficient (Wildman–Crippen LogP) is 3.78. The van der Waals surface area contributed by atoms with Gasteiger partial charge < -0.3 is 10.2 Å². The fourth-order valence-electron chi connectivity index (χ4n) is 2.66. The molecule has 0 atom stereocenters. The molecule has 118 valence electrons. The van der Waals surface area contributed by atoms with Crippen LogP contribution in [0.1, 0.15) is 33.6 Å². The maximum absolute atomic E-state index is 12.6. The van der Waals surface area contributed by atoms with Crippen molar-refractivity contribution >= 4 is 40.1 Å². The van der Waals surface area contributed by atoms with E-state index < -0.39 is 0 Å². The lowest BCUT2D eigenvalue weighted by Gasteiger charge is -2.18. The molecule has 4 nitrogen and oxygen atoms in total. The second-order valence-corrected chi connectivity index (χ2v) is 6.75. The Balaban J connectivity index is 1.81. The standard InChI is InChI=1S/C18H17IN2O2/c19-14-9-7-13(8-10-14)17(22)20-16-6-2-1-5-15(16)18(23)21-11-3-4-12-21/h1-2,5-10H,3-4,11-12H2,(H,20,22). The summed E-state index contributed by atoms with van der Waals surface area (Å²) in [6.07, 6.45) is 2.09. The molecule has 0 aliphatic carbocycles. The fourth-order valence-corrected chi connectivity index (χ4v) is 3.02. The number of hydrogen-bond acceptors (Lipinski definition) is 2. The van der Waals surface area contributed by atoms with Crippen LogP contribution in [-0.2, 0) is 0 Å². The zero-order chi connectivity index (χ0) is 16.2. The number of anilines is 1. The highest BCUT2D eigenvalue weighted by atomic mass is 127. The van der Waals surface area contributed by atoms with Gasteiger partial charge >= 0.3 is 0 Å². The summed E-state index contributed by atoms with van der Waals surface area (Å²) in [5.41, 5.74) is 1.69. The van der Waals surface area contributed by atoms with Crippen molar-refractivity contribution in [2.75, 3.05) is 18.4 Å². The van der Waals surface area contributed by atoms with Gasteiger partial charge in [-0.15, -0.1) is 0 Å². The van der Waals surface area contributed by atoms with Gasteiger partial charge in [0.25, 0.3) is 11.8 Å². The average Bonchev–Trinajstić information content (AvgIpc) is 3.10. The third-order valence-corrected chi connectivity index (χ3v) is 4.62. The van der Waals surface area contributed by atoms with E-state index in [0.29, 0.717) is 16.8 Å². The van der Waals surface area contributed by atoms with Crippen LogP contribution in [0.15, 0.2) is 48.5 Å². The molecule has 1 saturated heterocycles. The molecule has 0 unspecified atom stereocenters. The SMILES string of the molecule is O=C(Nc1ccccc1C(=O)N1CCCC1)c1ccc(I)cc1. The molecule has 3 rings (SSSR count). The number of rotatable bonds is 3. The highest BCUT2D eigenvalue weighted by Crippen LogP contribution is 2.21. The van der Waals surface area contributed by atoms with Gasteiger partial charge in [0.2, 0.25) is 0 Å². The predicted molar refractivity (Wildman–Crippen MR) is 98.7 cm³/mol. The van der Waals surface area contributed by atoms with Crippen LogP contribution in [0, 0.1) is 3.57 Å². The highest BCUT2D eigenvalue weighted by Gasteiger charge is 2.22. The number of nitrogens with one attached hydrogen (secondary N) is 1. The number of benzene rings is 2. The summed E-state index contributed by atoms with van der Waals surface area (Å²) in [4.78, 5) is 26.8. The zero-order valence-corrected chi connectivity index (χ0v) is 14.7. The number of likely N-dealkylation sites (tertiary alicyclic amines) is 1. The third-order valence-electron chi connectivity index (χ3n) is 3.91. The van der Waals surface area contributed by atoms with Crippen LogP contribution in [-0.4, -0.2) is 29.8 Å². The van der Waals surface area contributed by atoms with Crippen LogP contribution in [0.5, 0.6) is 0 Å². The van der Waals surface area contributed by atoms with Crippen LogP contribution < -0.4 is 5.32 Å². The Morgan fingerprint density at radius 3 is 2.30 bits per heavy atom. The molecule has 1 aliphatic rings. The third kappa shape index (κ3) is 3.72. The van der Waals surface area contributed by atoms with E-state index in [0.717, 1.165) is 29.5 Å². The van der Waals surface area contributed by atoms with E-state index in [-0.39, 0.29) is 11.8 Å². The van der Waals surface area contributed by atoms with E-state index in [4.69, 9.17) is 0 Å². The largest absolute Gasteiger partial charge is 0.339 e. The quantitative estimate of drug-likeness (QED) is 0.769. The fraction of sp³-hybridized carbons (Fsp3) is 0.222. The van der Waals surface area contributed by atoms with Gasteiger partial charge in [-0.25, -0.2) is 0 Å². The monoisotopic (exact) mass is 420 g/mol. The Morgan fingerprint density at radius 2 is 1.61 bits per heavy atom. The van der Waals surface area contributed by atoms with Gasteiger partial charge in [0.1, 0.15) is 0 Å². The Morgan fingerprint density at radius 1 is 0.957 bits per heavy atom. The van der Waals surface area contributed by atoms with Crippen molar-refractivity contribution in [3.63, 3.8) is 0 Å². The van der Waals surface area contributed by atoms with Crippen LogP contribution in [0.3, 0.4) is 0 Å². The highest BCUT2D eigenvalue weighted by molar-refractivity contribution is 14.1. The second kappa shape index (κ2) is 7.12. The first-order valence-electron chi connectivity index (χ1n) is 7.60. The number of carbonyl (C=O) groups is 2. The normalized spacial score (nSPS) is 13.9. The molecule has 2 aromatic rings. The van der Waals surface area contributed by atoms with Gasteiger partial charge in [-0.2, -0.15) is 0 Å². The van der Waals surface area contributed by atoms with E-state index in [2.05, 4.69) is 27.9 Å². The number of carbonyl (C=O) groups excluding carboxylic acids is 2. The molecule has 0 radical (unpaired) electrons. The first kappa shape index (κ1) is 16.0. The number of hydrogen-bond donors (Lipinski definition) is 1. The van der Waals surface area contributed by atoms with E-state index >= 15 is 0 Å². The van der Waals surface area contributed by atoms with Gasteiger partial charge in [-0.3, -0.25) is 9.59 Å². The summed E-state index contributed by atoms with van der Waals surface area (Å²) in [7, 11) is 0. The van der Waals surface area contributed by atoms with Crippen molar-refractivity contribution in [3.05, 3.63) is 63.2 Å². The van der Waals surface area contributed by atoms with E-state index in [9.17, 15) is 9.59 Å². The van der Waals surface area contributed by atoms with Crippen LogP contribution in [0.2, 0.25) is 0 Å². The molecule has 2 amide bonds. The topological polar surface area (TPSA) is 49.4 Å². The summed E-state index contributed by atoms with van der Waals surface area (Å²) in [5, 5.41) is 2.86. The number of nitrogens with zero attached hydrogens (tertiary/aromatic N) is 1. The Hall–Kier alpha value is -1.89. The number of halogens is 1. The Kier molecular flexibility index (Phi) is 4.95. The van der Waals surface area contributed by atoms with Crippen molar-refractivity contribution in [3.8, 4) is 0 Å². The minimum Gasteiger partial charge on any atom is -0.339 e. The maximum Gasteiger partial charge on any atom is 0.255 e. The van der Waals surface area contributed by atoms with Gasteiger partial charge in [0.15, 0.2) is 0 Å². The summed E-state index contributed by atoms with van der Waals surface area (Å²) in [5.74, 6) is -0.218. The van der Waals surface area contributed by atoms with E-state index in [1.807, 2.05) is 29.2 Å². The van der Waals surface area contributed by atoms with Crippen LogP contribution >= 0.6 is 22.6 Å². The second-order valence-electron chi connectivity index (χ2n) is 5.51. The van der Waals surface area contributed by atoms with Gasteiger partial charge in [-0.05, 0) is 71.8 Å². The lowest BCUT2D eigenvalue weighted by Crippen LogP contribution is -2.28. The number of amides is 2. The Bertz CT molecular complexity index is 722. The first-order chi connectivity index (χ1) is 11.1.